The van der Waals surface area contributed by atoms with Crippen molar-refractivity contribution in [2.45, 2.75) is 32.8 Å². The Bertz CT molecular complexity index is 275. The summed E-state index contributed by atoms with van der Waals surface area (Å²) in [6, 6.07) is 0. The van der Waals surface area contributed by atoms with E-state index >= 15 is 0 Å². The van der Waals surface area contributed by atoms with Gasteiger partial charge < -0.3 is 10.8 Å². The number of nitrogens with zero attached hydrogens (tertiary/aromatic N) is 1. The normalized spacial score (nSPS) is 15.4. The number of hydrogen-bond donors (Lipinski definition) is 2. The molecule has 80 valence electrons. The maximum Gasteiger partial charge on any atom is 0.122 e. The second kappa shape index (κ2) is 5.44. The van der Waals surface area contributed by atoms with Gasteiger partial charge in [-0.2, -0.15) is 0 Å². The molecule has 0 aromatic carbocycles. The lowest BCUT2D eigenvalue weighted by atomic mass is 10.0. The zero-order valence-corrected chi connectivity index (χ0v) is 9.55. The van der Waals surface area contributed by atoms with Gasteiger partial charge in [-0.1, -0.05) is 20.3 Å². The van der Waals surface area contributed by atoms with Gasteiger partial charge >= 0.3 is 0 Å². The van der Waals surface area contributed by atoms with Gasteiger partial charge in [0, 0.05) is 11.8 Å². The molecule has 0 aliphatic rings. The molecule has 0 bridgehead atoms. The Balaban J connectivity index is 2.65. The van der Waals surface area contributed by atoms with Crippen molar-refractivity contribution in [3.8, 4) is 0 Å². The summed E-state index contributed by atoms with van der Waals surface area (Å²) in [6.45, 7) is 4.72. The Kier molecular flexibility index (Phi) is 4.51. The maximum absolute atomic E-state index is 9.89. The molecule has 0 saturated heterocycles. The van der Waals surface area contributed by atoms with Crippen molar-refractivity contribution in [1.82, 2.24) is 4.98 Å². The third-order valence-electron chi connectivity index (χ3n) is 2.41. The van der Waals surface area contributed by atoms with E-state index in [-0.39, 0.29) is 5.92 Å². The minimum absolute atomic E-state index is 0.270. The van der Waals surface area contributed by atoms with Crippen molar-refractivity contribution in [2.75, 3.05) is 6.54 Å². The minimum Gasteiger partial charge on any atom is -0.386 e. The fourth-order valence-corrected chi connectivity index (χ4v) is 2.16. The Labute approximate surface area is 89.0 Å². The Morgan fingerprint density at radius 3 is 2.93 bits per heavy atom. The molecule has 0 saturated carbocycles. The first-order valence-electron chi connectivity index (χ1n) is 5.01. The van der Waals surface area contributed by atoms with E-state index in [1.807, 2.05) is 12.3 Å². The van der Waals surface area contributed by atoms with E-state index in [4.69, 9.17) is 5.73 Å². The largest absolute Gasteiger partial charge is 0.386 e. The summed E-state index contributed by atoms with van der Waals surface area (Å²) >= 11 is 1.52. The van der Waals surface area contributed by atoms with E-state index in [9.17, 15) is 5.11 Å². The number of hydrogen-bond acceptors (Lipinski definition) is 4. The third kappa shape index (κ3) is 2.77. The zero-order valence-electron chi connectivity index (χ0n) is 8.73. The first-order chi connectivity index (χ1) is 6.69. The highest BCUT2D eigenvalue weighted by Gasteiger charge is 2.17. The average Bonchev–Trinajstić information content (AvgIpc) is 2.64. The lowest BCUT2D eigenvalue weighted by molar-refractivity contribution is 0.115. The fourth-order valence-electron chi connectivity index (χ4n) is 1.19. The zero-order chi connectivity index (χ0) is 10.6. The second-order valence-corrected chi connectivity index (χ2v) is 4.44. The summed E-state index contributed by atoms with van der Waals surface area (Å²) in [7, 11) is 0. The molecule has 2 unspecified atom stereocenters. The van der Waals surface area contributed by atoms with Gasteiger partial charge in [-0.05, 0) is 12.5 Å². The monoisotopic (exact) mass is 214 g/mol. The van der Waals surface area contributed by atoms with Crippen LogP contribution < -0.4 is 5.73 Å². The van der Waals surface area contributed by atoms with Crippen LogP contribution in [-0.2, 0) is 6.42 Å². The van der Waals surface area contributed by atoms with Crippen LogP contribution in [0, 0.1) is 5.92 Å². The molecule has 1 rings (SSSR count). The van der Waals surface area contributed by atoms with E-state index in [0.717, 1.165) is 23.5 Å². The van der Waals surface area contributed by atoms with Gasteiger partial charge in [-0.25, -0.2) is 4.98 Å². The Morgan fingerprint density at radius 1 is 1.64 bits per heavy atom. The second-order valence-electron chi connectivity index (χ2n) is 3.55. The summed E-state index contributed by atoms with van der Waals surface area (Å²) in [4.78, 5) is 4.36. The molecule has 0 aliphatic heterocycles. The van der Waals surface area contributed by atoms with Crippen molar-refractivity contribution in [3.63, 3.8) is 0 Å². The van der Waals surface area contributed by atoms with Crippen molar-refractivity contribution < 1.29 is 5.11 Å². The number of aliphatic hydroxyl groups is 1. The molecule has 0 amide bonds. The van der Waals surface area contributed by atoms with Crippen LogP contribution in [0.1, 0.15) is 37.1 Å². The highest BCUT2D eigenvalue weighted by molar-refractivity contribution is 7.09. The van der Waals surface area contributed by atoms with Gasteiger partial charge in [0.15, 0.2) is 0 Å². The highest BCUT2D eigenvalue weighted by Crippen LogP contribution is 2.26. The van der Waals surface area contributed by atoms with Crippen LogP contribution in [0.25, 0.3) is 0 Å². The van der Waals surface area contributed by atoms with Crippen LogP contribution in [-0.4, -0.2) is 16.6 Å². The van der Waals surface area contributed by atoms with E-state index in [1.165, 1.54) is 11.3 Å². The molecule has 0 spiro atoms. The Morgan fingerprint density at radius 2 is 2.36 bits per heavy atom. The predicted molar refractivity (Wildman–Crippen MR) is 59.3 cm³/mol. The smallest absolute Gasteiger partial charge is 0.122 e. The minimum atomic E-state index is -0.420. The van der Waals surface area contributed by atoms with Crippen LogP contribution in [0.15, 0.2) is 5.38 Å². The summed E-state index contributed by atoms with van der Waals surface area (Å²) in [5, 5.41) is 12.7. The molecule has 3 nitrogen and oxygen atoms in total. The number of aliphatic hydroxyl groups excluding tert-OH is 1. The van der Waals surface area contributed by atoms with Gasteiger partial charge in [-0.3, -0.25) is 0 Å². The first-order valence-corrected chi connectivity index (χ1v) is 5.89. The molecule has 1 aromatic rings. The average molecular weight is 214 g/mol. The molecule has 0 radical (unpaired) electrons. The van der Waals surface area contributed by atoms with Crippen LogP contribution in [0.4, 0.5) is 0 Å². The van der Waals surface area contributed by atoms with Crippen LogP contribution in [0.5, 0.6) is 0 Å². The summed E-state index contributed by atoms with van der Waals surface area (Å²) in [5.74, 6) is 0.270. The molecule has 4 heteroatoms. The van der Waals surface area contributed by atoms with Crippen molar-refractivity contribution >= 4 is 11.3 Å². The molecule has 14 heavy (non-hydrogen) atoms. The predicted octanol–water partition coefficient (Wildman–Crippen LogP) is 1.72. The van der Waals surface area contributed by atoms with E-state index < -0.39 is 6.10 Å². The number of aromatic nitrogens is 1. The van der Waals surface area contributed by atoms with Crippen LogP contribution in [0.2, 0.25) is 0 Å². The summed E-state index contributed by atoms with van der Waals surface area (Å²) < 4.78 is 0. The van der Waals surface area contributed by atoms with Gasteiger partial charge in [-0.15, -0.1) is 11.3 Å². The molecule has 2 atom stereocenters. The third-order valence-corrected chi connectivity index (χ3v) is 3.37. The van der Waals surface area contributed by atoms with Crippen molar-refractivity contribution in [3.05, 3.63) is 16.1 Å². The lowest BCUT2D eigenvalue weighted by Crippen LogP contribution is -2.08. The quantitative estimate of drug-likeness (QED) is 0.784. The van der Waals surface area contributed by atoms with E-state index in [0.29, 0.717) is 6.54 Å². The van der Waals surface area contributed by atoms with Crippen molar-refractivity contribution in [1.29, 1.82) is 0 Å². The SMILES string of the molecule is CCC(C)C(O)c1nc(CCN)cs1. The number of rotatable bonds is 5. The van der Waals surface area contributed by atoms with Crippen molar-refractivity contribution in [2.24, 2.45) is 11.7 Å². The maximum atomic E-state index is 9.89. The standard InChI is InChI=1S/C10H18N2OS/c1-3-7(2)9(13)10-12-8(4-5-11)6-14-10/h6-7,9,13H,3-5,11H2,1-2H3. The van der Waals surface area contributed by atoms with Crippen LogP contribution >= 0.6 is 11.3 Å². The molecular formula is C10H18N2OS. The topological polar surface area (TPSA) is 59.1 Å². The molecule has 1 heterocycles. The lowest BCUT2D eigenvalue weighted by Gasteiger charge is -2.13. The highest BCUT2D eigenvalue weighted by atomic mass is 32.1. The summed E-state index contributed by atoms with van der Waals surface area (Å²) in [6.07, 6.45) is 1.34. The summed E-state index contributed by atoms with van der Waals surface area (Å²) in [5.41, 5.74) is 6.43. The van der Waals surface area contributed by atoms with E-state index in [1.54, 1.807) is 0 Å². The molecule has 3 N–H and O–H groups in total. The van der Waals surface area contributed by atoms with Gasteiger partial charge in [0.2, 0.25) is 0 Å². The molecule has 0 fully saturated rings. The Hall–Kier alpha value is -0.450. The number of thiazole rings is 1. The molecule has 0 aliphatic carbocycles. The fraction of sp³-hybridized carbons (Fsp3) is 0.700. The molecule has 1 aromatic heterocycles. The van der Waals surface area contributed by atoms with Crippen LogP contribution in [0.3, 0.4) is 0 Å². The molecular weight excluding hydrogens is 196 g/mol. The van der Waals surface area contributed by atoms with Gasteiger partial charge in [0.05, 0.1) is 5.69 Å². The first kappa shape index (κ1) is 11.6. The van der Waals surface area contributed by atoms with E-state index in [2.05, 4.69) is 11.9 Å². The number of nitrogens with two attached hydrogens (primary N) is 1. The van der Waals surface area contributed by atoms with Gasteiger partial charge in [0.25, 0.3) is 0 Å². The van der Waals surface area contributed by atoms with Gasteiger partial charge in [0.1, 0.15) is 11.1 Å².